The molecule has 1 saturated heterocycles. The molecule has 0 spiro atoms. The lowest BCUT2D eigenvalue weighted by molar-refractivity contribution is -0.132. The molecule has 1 fully saturated rings. The molecule has 1 aliphatic rings. The average Bonchev–Trinajstić information content (AvgIpc) is 3.28. The van der Waals surface area contributed by atoms with E-state index in [2.05, 4.69) is 5.32 Å². The summed E-state index contributed by atoms with van der Waals surface area (Å²) in [5, 5.41) is 4.72. The van der Waals surface area contributed by atoms with E-state index in [0.717, 1.165) is 29.3 Å². The van der Waals surface area contributed by atoms with E-state index >= 15 is 0 Å². The van der Waals surface area contributed by atoms with Crippen LogP contribution in [0.3, 0.4) is 0 Å². The van der Waals surface area contributed by atoms with Crippen LogP contribution in [0.5, 0.6) is 0 Å². The number of nitrogens with zero attached hydrogens (tertiary/aromatic N) is 2. The topological polar surface area (TPSA) is 67.5 Å². The summed E-state index contributed by atoms with van der Waals surface area (Å²) in [4.78, 5) is 26.9. The summed E-state index contributed by atoms with van der Waals surface area (Å²) < 4.78 is 7.17. The van der Waals surface area contributed by atoms with Gasteiger partial charge in [-0.1, -0.05) is 17.7 Å². The Morgan fingerprint density at radius 3 is 2.71 bits per heavy atom. The minimum atomic E-state index is -0.192. The molecule has 146 valence electrons. The van der Waals surface area contributed by atoms with Crippen molar-refractivity contribution in [3.8, 4) is 0 Å². The van der Waals surface area contributed by atoms with Crippen molar-refractivity contribution in [1.82, 2.24) is 14.8 Å². The van der Waals surface area contributed by atoms with Crippen molar-refractivity contribution in [3.63, 3.8) is 0 Å². The van der Waals surface area contributed by atoms with Crippen LogP contribution in [-0.2, 0) is 11.3 Å². The van der Waals surface area contributed by atoms with Gasteiger partial charge in [0, 0.05) is 41.4 Å². The number of benzene rings is 1. The first-order valence-corrected chi connectivity index (χ1v) is 9.76. The van der Waals surface area contributed by atoms with E-state index in [4.69, 9.17) is 16.0 Å². The Hall–Kier alpha value is -2.73. The zero-order valence-electron chi connectivity index (χ0n) is 15.7. The quantitative estimate of drug-likeness (QED) is 0.728. The number of aromatic nitrogens is 1. The third kappa shape index (κ3) is 3.78. The van der Waals surface area contributed by atoms with Gasteiger partial charge in [-0.05, 0) is 49.4 Å². The van der Waals surface area contributed by atoms with Gasteiger partial charge in [0.15, 0.2) is 5.76 Å². The average molecular weight is 400 g/mol. The van der Waals surface area contributed by atoms with E-state index in [1.807, 2.05) is 46.9 Å². The van der Waals surface area contributed by atoms with E-state index in [9.17, 15) is 9.59 Å². The number of hydrogen-bond acceptors (Lipinski definition) is 3. The van der Waals surface area contributed by atoms with Crippen LogP contribution >= 0.6 is 11.6 Å². The Bertz CT molecular complexity index is 1020. The van der Waals surface area contributed by atoms with Crippen LogP contribution in [0.15, 0.2) is 47.2 Å². The monoisotopic (exact) mass is 399 g/mol. The fourth-order valence-electron chi connectivity index (χ4n) is 3.67. The third-order valence-electron chi connectivity index (χ3n) is 5.29. The van der Waals surface area contributed by atoms with Crippen LogP contribution < -0.4 is 5.32 Å². The molecule has 0 atom stereocenters. The third-order valence-corrected chi connectivity index (χ3v) is 5.53. The summed E-state index contributed by atoms with van der Waals surface area (Å²) in [6.07, 6.45) is 4.90. The molecule has 6 nitrogen and oxygen atoms in total. The maximum atomic E-state index is 12.7. The number of nitrogens with one attached hydrogen (secondary N) is 1. The molecule has 28 heavy (non-hydrogen) atoms. The van der Waals surface area contributed by atoms with Gasteiger partial charge >= 0.3 is 0 Å². The number of amides is 2. The molecule has 1 aliphatic heterocycles. The molecule has 7 heteroatoms. The van der Waals surface area contributed by atoms with Crippen molar-refractivity contribution in [1.29, 1.82) is 0 Å². The van der Waals surface area contributed by atoms with E-state index in [0.29, 0.717) is 23.9 Å². The number of carbonyl (C=O) groups is 2. The molecule has 0 aliphatic carbocycles. The SMILES string of the molecule is Cc1ccoc1C(=O)NC1CCN(C(=O)Cn2ccc3ccc(Cl)cc32)CC1. The summed E-state index contributed by atoms with van der Waals surface area (Å²) in [6, 6.07) is 9.48. The van der Waals surface area contributed by atoms with Gasteiger partial charge in [0.25, 0.3) is 5.91 Å². The maximum Gasteiger partial charge on any atom is 0.287 e. The van der Waals surface area contributed by atoms with Crippen LogP contribution in [0, 0.1) is 6.92 Å². The number of rotatable bonds is 4. The summed E-state index contributed by atoms with van der Waals surface area (Å²) in [5.41, 5.74) is 1.78. The first-order valence-electron chi connectivity index (χ1n) is 9.38. The van der Waals surface area contributed by atoms with Crippen LogP contribution in [0.4, 0.5) is 0 Å². The molecule has 2 amide bonds. The Labute approximate surface area is 168 Å². The van der Waals surface area contributed by atoms with Gasteiger partial charge in [-0.2, -0.15) is 0 Å². The first kappa shape index (κ1) is 18.6. The Kier molecular flexibility index (Phi) is 5.13. The van der Waals surface area contributed by atoms with Gasteiger partial charge < -0.3 is 19.2 Å². The van der Waals surface area contributed by atoms with Crippen LogP contribution in [0.2, 0.25) is 5.02 Å². The van der Waals surface area contributed by atoms with E-state index < -0.39 is 0 Å². The summed E-state index contributed by atoms with van der Waals surface area (Å²) >= 11 is 6.09. The number of piperidine rings is 1. The molecule has 0 saturated carbocycles. The van der Waals surface area contributed by atoms with Crippen molar-refractivity contribution in [2.24, 2.45) is 0 Å². The predicted octanol–water partition coefficient (Wildman–Crippen LogP) is 3.62. The fraction of sp³-hybridized carbons (Fsp3) is 0.333. The summed E-state index contributed by atoms with van der Waals surface area (Å²) in [5.74, 6) is 0.240. The molecule has 0 bridgehead atoms. The van der Waals surface area contributed by atoms with Gasteiger partial charge in [0.2, 0.25) is 5.91 Å². The highest BCUT2D eigenvalue weighted by Gasteiger charge is 2.25. The van der Waals surface area contributed by atoms with E-state index in [-0.39, 0.29) is 24.4 Å². The highest BCUT2D eigenvalue weighted by molar-refractivity contribution is 6.31. The number of furan rings is 1. The van der Waals surface area contributed by atoms with Gasteiger partial charge in [-0.3, -0.25) is 9.59 Å². The second-order valence-electron chi connectivity index (χ2n) is 7.21. The molecule has 4 rings (SSSR count). The zero-order chi connectivity index (χ0) is 19.7. The highest BCUT2D eigenvalue weighted by Crippen LogP contribution is 2.21. The number of fused-ring (bicyclic) bond motifs is 1. The van der Waals surface area contributed by atoms with Crippen LogP contribution in [-0.4, -0.2) is 40.4 Å². The summed E-state index contributed by atoms with van der Waals surface area (Å²) in [6.45, 7) is 3.38. The lowest BCUT2D eigenvalue weighted by Gasteiger charge is -2.32. The maximum absolute atomic E-state index is 12.7. The Morgan fingerprint density at radius 2 is 2.00 bits per heavy atom. The number of halogens is 1. The van der Waals surface area contributed by atoms with Crippen molar-refractivity contribution in [2.45, 2.75) is 32.4 Å². The minimum Gasteiger partial charge on any atom is -0.459 e. The van der Waals surface area contributed by atoms with Crippen molar-refractivity contribution < 1.29 is 14.0 Å². The molecular weight excluding hydrogens is 378 g/mol. The van der Waals surface area contributed by atoms with Gasteiger partial charge in [-0.25, -0.2) is 0 Å². The molecule has 0 radical (unpaired) electrons. The van der Waals surface area contributed by atoms with Crippen molar-refractivity contribution in [2.75, 3.05) is 13.1 Å². The molecule has 0 unspecified atom stereocenters. The molecule has 1 aromatic carbocycles. The standard InChI is InChI=1S/C21H22ClN3O3/c1-14-7-11-28-20(14)21(27)23-17-5-9-24(10-6-17)19(26)13-25-8-4-15-2-3-16(22)12-18(15)25/h2-4,7-8,11-12,17H,5-6,9-10,13H2,1H3,(H,23,27). The molecule has 2 aromatic heterocycles. The number of hydrogen-bond donors (Lipinski definition) is 1. The second kappa shape index (κ2) is 7.72. The van der Waals surface area contributed by atoms with E-state index in [1.54, 1.807) is 6.07 Å². The highest BCUT2D eigenvalue weighted by atomic mass is 35.5. The second-order valence-corrected chi connectivity index (χ2v) is 7.64. The normalized spacial score (nSPS) is 15.1. The zero-order valence-corrected chi connectivity index (χ0v) is 16.4. The largest absolute Gasteiger partial charge is 0.459 e. The fourth-order valence-corrected chi connectivity index (χ4v) is 3.84. The van der Waals surface area contributed by atoms with Gasteiger partial charge in [-0.15, -0.1) is 0 Å². The number of likely N-dealkylation sites (tertiary alicyclic amines) is 1. The smallest absolute Gasteiger partial charge is 0.287 e. The Morgan fingerprint density at radius 1 is 1.21 bits per heavy atom. The summed E-state index contributed by atoms with van der Waals surface area (Å²) in [7, 11) is 0. The first-order chi connectivity index (χ1) is 13.5. The number of aryl methyl sites for hydroxylation is 1. The Balaban J connectivity index is 1.33. The van der Waals surface area contributed by atoms with Crippen molar-refractivity contribution in [3.05, 3.63) is 59.1 Å². The lowest BCUT2D eigenvalue weighted by atomic mass is 10.0. The van der Waals surface area contributed by atoms with Crippen LogP contribution in [0.25, 0.3) is 10.9 Å². The van der Waals surface area contributed by atoms with Crippen molar-refractivity contribution >= 4 is 34.3 Å². The van der Waals surface area contributed by atoms with Gasteiger partial charge in [0.05, 0.1) is 6.26 Å². The molecule has 3 heterocycles. The molecular formula is C21H22ClN3O3. The lowest BCUT2D eigenvalue weighted by Crippen LogP contribution is -2.47. The number of carbonyl (C=O) groups excluding carboxylic acids is 2. The van der Waals surface area contributed by atoms with Crippen LogP contribution in [0.1, 0.15) is 29.0 Å². The predicted molar refractivity (Wildman–Crippen MR) is 107 cm³/mol. The minimum absolute atomic E-state index is 0.0484. The molecule has 1 N–H and O–H groups in total. The van der Waals surface area contributed by atoms with E-state index in [1.165, 1.54) is 6.26 Å². The molecule has 3 aromatic rings. The van der Waals surface area contributed by atoms with Gasteiger partial charge in [0.1, 0.15) is 6.54 Å².